The predicted octanol–water partition coefficient (Wildman–Crippen LogP) is 1.80. The number of benzene rings is 1. The van der Waals surface area contributed by atoms with Crippen molar-refractivity contribution in [1.29, 1.82) is 0 Å². The number of carbonyl (C=O) groups is 2. The number of halogens is 2. The van der Waals surface area contributed by atoms with E-state index in [0.717, 1.165) is 23.5 Å². The van der Waals surface area contributed by atoms with E-state index in [1.54, 1.807) is 14.0 Å². The Labute approximate surface area is 162 Å². The Morgan fingerprint density at radius 3 is 2.61 bits per heavy atom. The summed E-state index contributed by atoms with van der Waals surface area (Å²) in [7, 11) is 2.91. The molecule has 0 spiro atoms. The van der Waals surface area contributed by atoms with Gasteiger partial charge in [0.05, 0.1) is 16.6 Å². The zero-order valence-corrected chi connectivity index (χ0v) is 16.0. The van der Waals surface area contributed by atoms with Crippen LogP contribution in [-0.4, -0.2) is 28.4 Å². The van der Waals surface area contributed by atoms with Gasteiger partial charge in [-0.25, -0.2) is 13.8 Å². The lowest BCUT2D eigenvalue weighted by atomic mass is 10.1. The van der Waals surface area contributed by atoms with E-state index in [9.17, 15) is 23.2 Å². The van der Waals surface area contributed by atoms with Gasteiger partial charge < -0.3 is 15.2 Å². The van der Waals surface area contributed by atoms with Crippen molar-refractivity contribution in [2.45, 2.75) is 13.0 Å². The summed E-state index contributed by atoms with van der Waals surface area (Å²) in [5, 5.41) is 5.22. The first kappa shape index (κ1) is 19.6. The molecule has 3 rings (SSSR count). The summed E-state index contributed by atoms with van der Waals surface area (Å²) in [5.74, 6) is -3.42. The van der Waals surface area contributed by atoms with Gasteiger partial charge in [-0.1, -0.05) is 6.07 Å². The van der Waals surface area contributed by atoms with E-state index in [0.29, 0.717) is 15.8 Å². The highest BCUT2D eigenvalue weighted by Crippen LogP contribution is 2.27. The SMILES string of the molecule is CNC(=O)C(NC(=O)c1sc2ncn(C)c(=O)c2c1C)c1ccc(F)c(F)c1. The molecule has 0 radical (unpaired) electrons. The lowest BCUT2D eigenvalue weighted by Gasteiger charge is -2.17. The molecule has 146 valence electrons. The number of aromatic nitrogens is 2. The third-order valence-electron chi connectivity index (χ3n) is 4.28. The third kappa shape index (κ3) is 3.38. The van der Waals surface area contributed by atoms with Gasteiger partial charge in [0.15, 0.2) is 11.6 Å². The molecule has 1 unspecified atom stereocenters. The number of hydrogen-bond acceptors (Lipinski definition) is 5. The van der Waals surface area contributed by atoms with Crippen LogP contribution in [0.1, 0.15) is 26.8 Å². The summed E-state index contributed by atoms with van der Waals surface area (Å²) < 4.78 is 28.1. The zero-order chi connectivity index (χ0) is 20.6. The molecule has 2 N–H and O–H groups in total. The van der Waals surface area contributed by atoms with Crippen molar-refractivity contribution in [2.75, 3.05) is 7.05 Å². The number of fused-ring (bicyclic) bond motifs is 1. The summed E-state index contributed by atoms with van der Waals surface area (Å²) in [6.07, 6.45) is 1.36. The monoisotopic (exact) mass is 406 g/mol. The molecule has 0 aliphatic rings. The van der Waals surface area contributed by atoms with Crippen molar-refractivity contribution < 1.29 is 18.4 Å². The molecular formula is C18H16F2N4O3S. The smallest absolute Gasteiger partial charge is 0.262 e. The van der Waals surface area contributed by atoms with Gasteiger partial charge >= 0.3 is 0 Å². The summed E-state index contributed by atoms with van der Waals surface area (Å²) in [4.78, 5) is 42.1. The Morgan fingerprint density at radius 1 is 1.25 bits per heavy atom. The second-order valence-corrected chi connectivity index (χ2v) is 7.09. The fourth-order valence-electron chi connectivity index (χ4n) is 2.76. The van der Waals surface area contributed by atoms with Gasteiger partial charge in [-0.15, -0.1) is 11.3 Å². The Kier molecular flexibility index (Phi) is 5.23. The number of likely N-dealkylation sites (N-methyl/N-ethyl adjacent to an activating group) is 1. The van der Waals surface area contributed by atoms with E-state index < -0.39 is 29.5 Å². The van der Waals surface area contributed by atoms with Crippen molar-refractivity contribution in [3.63, 3.8) is 0 Å². The molecule has 2 heterocycles. The number of carbonyl (C=O) groups excluding carboxylic acids is 2. The molecule has 7 nitrogen and oxygen atoms in total. The Morgan fingerprint density at radius 2 is 1.96 bits per heavy atom. The molecule has 0 aliphatic heterocycles. The van der Waals surface area contributed by atoms with Gasteiger partial charge in [-0.05, 0) is 30.2 Å². The summed E-state index contributed by atoms with van der Waals surface area (Å²) in [6, 6.07) is 1.71. The first-order valence-corrected chi connectivity index (χ1v) is 8.98. The van der Waals surface area contributed by atoms with Crippen LogP contribution in [0.5, 0.6) is 0 Å². The fourth-order valence-corrected chi connectivity index (χ4v) is 3.80. The van der Waals surface area contributed by atoms with Gasteiger partial charge in [-0.3, -0.25) is 14.4 Å². The van der Waals surface area contributed by atoms with E-state index in [-0.39, 0.29) is 16.0 Å². The van der Waals surface area contributed by atoms with Crippen molar-refractivity contribution in [1.82, 2.24) is 20.2 Å². The van der Waals surface area contributed by atoms with Gasteiger partial charge in [0.2, 0.25) is 5.91 Å². The number of amides is 2. The summed E-state index contributed by atoms with van der Waals surface area (Å²) in [5.41, 5.74) is 0.229. The van der Waals surface area contributed by atoms with E-state index in [1.807, 2.05) is 0 Å². The largest absolute Gasteiger partial charge is 0.357 e. The van der Waals surface area contributed by atoms with E-state index in [1.165, 1.54) is 24.0 Å². The van der Waals surface area contributed by atoms with Crippen molar-refractivity contribution >= 4 is 33.4 Å². The number of hydrogen-bond donors (Lipinski definition) is 2. The molecule has 28 heavy (non-hydrogen) atoms. The van der Waals surface area contributed by atoms with E-state index >= 15 is 0 Å². The maximum absolute atomic E-state index is 13.6. The highest BCUT2D eigenvalue weighted by molar-refractivity contribution is 7.20. The molecule has 0 saturated carbocycles. The number of thiophene rings is 1. The molecule has 2 amide bonds. The van der Waals surface area contributed by atoms with E-state index in [4.69, 9.17) is 0 Å². The molecule has 3 aromatic rings. The fraction of sp³-hybridized carbons (Fsp3) is 0.222. The standard InChI is InChI=1S/C18H16F2N4O3S/c1-8-12-17(22-7-24(3)18(12)27)28-14(8)16(26)23-13(15(25)21-2)9-4-5-10(19)11(20)6-9/h4-7,13H,1-3H3,(H,21,25)(H,23,26). The molecule has 1 aromatic carbocycles. The lowest BCUT2D eigenvalue weighted by Crippen LogP contribution is -2.39. The number of nitrogens with one attached hydrogen (secondary N) is 2. The van der Waals surface area contributed by atoms with Crippen LogP contribution in [-0.2, 0) is 11.8 Å². The van der Waals surface area contributed by atoms with Crippen LogP contribution in [0.4, 0.5) is 8.78 Å². The molecule has 0 saturated heterocycles. The quantitative estimate of drug-likeness (QED) is 0.691. The maximum Gasteiger partial charge on any atom is 0.262 e. The molecule has 0 bridgehead atoms. The number of nitrogens with zero attached hydrogens (tertiary/aromatic N) is 2. The molecule has 0 aliphatic carbocycles. The predicted molar refractivity (Wildman–Crippen MR) is 100 cm³/mol. The summed E-state index contributed by atoms with van der Waals surface area (Å²) in [6.45, 7) is 1.61. The summed E-state index contributed by atoms with van der Waals surface area (Å²) >= 11 is 1.01. The van der Waals surface area contributed by atoms with Crippen LogP contribution in [0.3, 0.4) is 0 Å². The van der Waals surface area contributed by atoms with Crippen LogP contribution in [0.25, 0.3) is 10.2 Å². The van der Waals surface area contributed by atoms with Crippen molar-refractivity contribution in [2.24, 2.45) is 7.05 Å². The number of aryl methyl sites for hydroxylation is 2. The minimum atomic E-state index is -1.24. The van der Waals surface area contributed by atoms with Crippen LogP contribution < -0.4 is 16.2 Å². The second-order valence-electron chi connectivity index (χ2n) is 6.09. The lowest BCUT2D eigenvalue weighted by molar-refractivity contribution is -0.122. The highest BCUT2D eigenvalue weighted by atomic mass is 32.1. The molecule has 1 atom stereocenters. The van der Waals surface area contributed by atoms with Crippen LogP contribution in [0.2, 0.25) is 0 Å². The normalized spacial score (nSPS) is 12.0. The average Bonchev–Trinajstić information content (AvgIpc) is 3.01. The van der Waals surface area contributed by atoms with Crippen LogP contribution >= 0.6 is 11.3 Å². The Hall–Kier alpha value is -3.14. The van der Waals surface area contributed by atoms with Gasteiger partial charge in [0.1, 0.15) is 10.9 Å². The van der Waals surface area contributed by atoms with Crippen molar-refractivity contribution in [3.05, 3.63) is 62.5 Å². The van der Waals surface area contributed by atoms with Crippen LogP contribution in [0, 0.1) is 18.6 Å². The van der Waals surface area contributed by atoms with Crippen molar-refractivity contribution in [3.8, 4) is 0 Å². The third-order valence-corrected chi connectivity index (χ3v) is 5.48. The minimum absolute atomic E-state index is 0.0828. The Balaban J connectivity index is 2.01. The number of rotatable bonds is 4. The van der Waals surface area contributed by atoms with Crippen LogP contribution in [0.15, 0.2) is 29.3 Å². The molecule has 0 fully saturated rings. The highest BCUT2D eigenvalue weighted by Gasteiger charge is 2.26. The molecule has 10 heteroatoms. The first-order valence-electron chi connectivity index (χ1n) is 8.16. The topological polar surface area (TPSA) is 93.1 Å². The zero-order valence-electron chi connectivity index (χ0n) is 15.2. The second kappa shape index (κ2) is 7.47. The maximum atomic E-state index is 13.6. The minimum Gasteiger partial charge on any atom is -0.357 e. The Bertz CT molecular complexity index is 1160. The van der Waals surface area contributed by atoms with Gasteiger partial charge in [-0.2, -0.15) is 0 Å². The first-order chi connectivity index (χ1) is 13.2. The molecular weight excluding hydrogens is 390 g/mol. The van der Waals surface area contributed by atoms with Gasteiger partial charge in [0, 0.05) is 14.1 Å². The van der Waals surface area contributed by atoms with Gasteiger partial charge in [0.25, 0.3) is 11.5 Å². The van der Waals surface area contributed by atoms with E-state index in [2.05, 4.69) is 15.6 Å². The molecule has 2 aromatic heterocycles. The average molecular weight is 406 g/mol.